The van der Waals surface area contributed by atoms with Crippen molar-refractivity contribution in [3.8, 4) is 0 Å². The van der Waals surface area contributed by atoms with Crippen molar-refractivity contribution in [3.63, 3.8) is 0 Å². The van der Waals surface area contributed by atoms with E-state index in [0.717, 1.165) is 11.1 Å². The van der Waals surface area contributed by atoms with E-state index in [1.165, 1.54) is 30.1 Å². The average Bonchev–Trinajstić information content (AvgIpc) is 2.60. The van der Waals surface area contributed by atoms with Crippen LogP contribution in [0.4, 0.5) is 4.39 Å². The molecule has 0 aliphatic heterocycles. The molecule has 0 atom stereocenters. The zero-order chi connectivity index (χ0) is 20.2. The van der Waals surface area contributed by atoms with E-state index in [-0.39, 0.29) is 40.9 Å². The van der Waals surface area contributed by atoms with Crippen LogP contribution in [0, 0.1) is 19.7 Å². The Morgan fingerprint density at radius 1 is 1.19 bits per heavy atom. The van der Waals surface area contributed by atoms with Gasteiger partial charge in [-0.3, -0.25) is 4.79 Å². The first kappa shape index (κ1) is 21.3. The van der Waals surface area contributed by atoms with Crippen molar-refractivity contribution in [2.24, 2.45) is 0 Å². The average molecular weight is 413 g/mol. The second kappa shape index (κ2) is 8.82. The molecule has 1 N–H and O–H groups in total. The SMILES string of the molecule is Cc1ccc(S(=O)(=O)NCCC(=O)N(C)Cc2c(F)cccc2Cl)cc1C. The van der Waals surface area contributed by atoms with Crippen molar-refractivity contribution in [3.05, 3.63) is 63.9 Å². The minimum atomic E-state index is -3.70. The zero-order valence-electron chi connectivity index (χ0n) is 15.4. The molecule has 0 fully saturated rings. The molecule has 0 heterocycles. The summed E-state index contributed by atoms with van der Waals surface area (Å²) in [4.78, 5) is 13.7. The fraction of sp³-hybridized carbons (Fsp3) is 0.316. The van der Waals surface area contributed by atoms with Gasteiger partial charge in [-0.15, -0.1) is 0 Å². The minimum Gasteiger partial charge on any atom is -0.341 e. The molecule has 2 rings (SSSR count). The largest absolute Gasteiger partial charge is 0.341 e. The van der Waals surface area contributed by atoms with Crippen LogP contribution in [0.25, 0.3) is 0 Å². The lowest BCUT2D eigenvalue weighted by molar-refractivity contribution is -0.130. The number of rotatable bonds is 7. The van der Waals surface area contributed by atoms with Gasteiger partial charge in [0.1, 0.15) is 5.82 Å². The monoisotopic (exact) mass is 412 g/mol. The highest BCUT2D eigenvalue weighted by Crippen LogP contribution is 2.20. The number of carbonyl (C=O) groups excluding carboxylic acids is 1. The molecule has 5 nitrogen and oxygen atoms in total. The maximum atomic E-state index is 13.8. The number of halogens is 2. The van der Waals surface area contributed by atoms with E-state index in [1.807, 2.05) is 13.8 Å². The standard InChI is InChI=1S/C19H22ClFN2O3S/c1-13-7-8-15(11-14(13)2)27(25,26)22-10-9-19(24)23(3)12-16-17(20)5-4-6-18(16)21/h4-8,11,22H,9-10,12H2,1-3H3. The molecule has 0 aromatic heterocycles. The number of sulfonamides is 1. The van der Waals surface area contributed by atoms with E-state index in [2.05, 4.69) is 4.72 Å². The number of hydrogen-bond acceptors (Lipinski definition) is 3. The van der Waals surface area contributed by atoms with E-state index >= 15 is 0 Å². The summed E-state index contributed by atoms with van der Waals surface area (Å²) in [5.41, 5.74) is 2.10. The molecule has 0 aliphatic rings. The van der Waals surface area contributed by atoms with Gasteiger partial charge in [0.2, 0.25) is 15.9 Å². The van der Waals surface area contributed by atoms with Gasteiger partial charge >= 0.3 is 0 Å². The van der Waals surface area contributed by atoms with E-state index in [4.69, 9.17) is 11.6 Å². The Kier molecular flexibility index (Phi) is 6.97. The Bertz CT molecular complexity index is 928. The van der Waals surface area contributed by atoms with E-state index in [1.54, 1.807) is 18.2 Å². The number of aryl methyl sites for hydroxylation is 2. The number of benzene rings is 2. The first-order valence-corrected chi connectivity index (χ1v) is 10.2. The first-order valence-electron chi connectivity index (χ1n) is 8.35. The summed E-state index contributed by atoms with van der Waals surface area (Å²) < 4.78 is 40.9. The molecule has 8 heteroatoms. The molecule has 0 saturated carbocycles. The Balaban J connectivity index is 1.94. The minimum absolute atomic E-state index is 0.00818. The number of hydrogen-bond donors (Lipinski definition) is 1. The highest BCUT2D eigenvalue weighted by molar-refractivity contribution is 7.89. The van der Waals surface area contributed by atoms with Crippen molar-refractivity contribution < 1.29 is 17.6 Å². The van der Waals surface area contributed by atoms with Crippen molar-refractivity contribution in [1.29, 1.82) is 0 Å². The smallest absolute Gasteiger partial charge is 0.240 e. The Morgan fingerprint density at radius 3 is 2.52 bits per heavy atom. The van der Waals surface area contributed by atoms with Gasteiger partial charge in [0.25, 0.3) is 0 Å². The molecule has 0 spiro atoms. The van der Waals surface area contributed by atoms with Gasteiger partial charge in [-0.2, -0.15) is 0 Å². The molecule has 0 saturated heterocycles. The van der Waals surface area contributed by atoms with Gasteiger partial charge in [-0.25, -0.2) is 17.5 Å². The third-order valence-corrected chi connectivity index (χ3v) is 6.12. The summed E-state index contributed by atoms with van der Waals surface area (Å²) in [6, 6.07) is 9.17. The zero-order valence-corrected chi connectivity index (χ0v) is 17.0. The van der Waals surface area contributed by atoms with Gasteiger partial charge in [-0.1, -0.05) is 23.7 Å². The van der Waals surface area contributed by atoms with Crippen LogP contribution in [0.15, 0.2) is 41.3 Å². The fourth-order valence-electron chi connectivity index (χ4n) is 2.46. The normalized spacial score (nSPS) is 11.4. The maximum Gasteiger partial charge on any atom is 0.240 e. The molecule has 0 unspecified atom stereocenters. The predicted octanol–water partition coefficient (Wildman–Crippen LogP) is 3.42. The topological polar surface area (TPSA) is 66.5 Å². The quantitative estimate of drug-likeness (QED) is 0.757. The molecule has 1 amide bonds. The second-order valence-corrected chi connectivity index (χ2v) is 8.52. The van der Waals surface area contributed by atoms with Crippen molar-refractivity contribution in [2.75, 3.05) is 13.6 Å². The van der Waals surface area contributed by atoms with E-state index in [9.17, 15) is 17.6 Å². The van der Waals surface area contributed by atoms with Crippen LogP contribution >= 0.6 is 11.6 Å². The molecule has 0 aliphatic carbocycles. The van der Waals surface area contributed by atoms with Gasteiger partial charge in [0.05, 0.1) is 4.90 Å². The molecular formula is C19H22ClFN2O3S. The fourth-order valence-corrected chi connectivity index (χ4v) is 3.80. The van der Waals surface area contributed by atoms with Gasteiger partial charge in [0, 0.05) is 37.1 Å². The van der Waals surface area contributed by atoms with Gasteiger partial charge < -0.3 is 4.90 Å². The third-order valence-electron chi connectivity index (χ3n) is 4.30. The molecule has 27 heavy (non-hydrogen) atoms. The van der Waals surface area contributed by atoms with Gasteiger partial charge in [0.15, 0.2) is 0 Å². The van der Waals surface area contributed by atoms with Crippen LogP contribution in [0.3, 0.4) is 0 Å². The highest BCUT2D eigenvalue weighted by Gasteiger charge is 2.17. The number of nitrogens with one attached hydrogen (secondary N) is 1. The first-order chi connectivity index (χ1) is 12.6. The lowest BCUT2D eigenvalue weighted by Gasteiger charge is -2.18. The Morgan fingerprint density at radius 2 is 1.89 bits per heavy atom. The Labute approximate surface area is 164 Å². The summed E-state index contributed by atoms with van der Waals surface area (Å²) in [6.07, 6.45) is -0.0490. The lowest BCUT2D eigenvalue weighted by Crippen LogP contribution is -2.32. The summed E-state index contributed by atoms with van der Waals surface area (Å²) in [5.74, 6) is -0.810. The van der Waals surface area contributed by atoms with Crippen molar-refractivity contribution in [2.45, 2.75) is 31.7 Å². The molecule has 0 bridgehead atoms. The van der Waals surface area contributed by atoms with Crippen molar-refractivity contribution in [1.82, 2.24) is 9.62 Å². The summed E-state index contributed by atoms with van der Waals surface area (Å²) in [6.45, 7) is 3.69. The molecule has 146 valence electrons. The van der Waals surface area contributed by atoms with Crippen LogP contribution in [0.2, 0.25) is 5.02 Å². The summed E-state index contributed by atoms with van der Waals surface area (Å²) >= 11 is 5.96. The van der Waals surface area contributed by atoms with Crippen LogP contribution in [0.1, 0.15) is 23.1 Å². The summed E-state index contributed by atoms with van der Waals surface area (Å²) in [5, 5.41) is 0.241. The lowest BCUT2D eigenvalue weighted by atomic mass is 10.1. The maximum absolute atomic E-state index is 13.8. The van der Waals surface area contributed by atoms with Crippen molar-refractivity contribution >= 4 is 27.5 Å². The van der Waals surface area contributed by atoms with E-state index < -0.39 is 15.8 Å². The third kappa shape index (κ3) is 5.51. The highest BCUT2D eigenvalue weighted by atomic mass is 35.5. The van der Waals surface area contributed by atoms with E-state index in [0.29, 0.717) is 0 Å². The molecule has 0 radical (unpaired) electrons. The molecule has 2 aromatic rings. The van der Waals surface area contributed by atoms with Crippen LogP contribution in [0.5, 0.6) is 0 Å². The molecule has 2 aromatic carbocycles. The van der Waals surface area contributed by atoms with Crippen LogP contribution < -0.4 is 4.72 Å². The number of nitrogens with zero attached hydrogens (tertiary/aromatic N) is 1. The predicted molar refractivity (Wildman–Crippen MR) is 104 cm³/mol. The molecular weight excluding hydrogens is 391 g/mol. The van der Waals surface area contributed by atoms with Crippen LogP contribution in [-0.4, -0.2) is 32.8 Å². The summed E-state index contributed by atoms with van der Waals surface area (Å²) in [7, 11) is -2.18. The van der Waals surface area contributed by atoms with Crippen LogP contribution in [-0.2, 0) is 21.4 Å². The Hall–Kier alpha value is -1.96. The second-order valence-electron chi connectivity index (χ2n) is 6.34. The number of amides is 1. The van der Waals surface area contributed by atoms with Gasteiger partial charge in [-0.05, 0) is 49.2 Å². The number of carbonyl (C=O) groups is 1.